The van der Waals surface area contributed by atoms with Gasteiger partial charge in [-0.1, -0.05) is 44.0 Å². The van der Waals surface area contributed by atoms with Gasteiger partial charge in [-0.2, -0.15) is 0 Å². The molecule has 0 saturated heterocycles. The highest BCUT2D eigenvalue weighted by molar-refractivity contribution is 9.11. The van der Waals surface area contributed by atoms with E-state index in [4.69, 9.17) is 16.3 Å². The van der Waals surface area contributed by atoms with Crippen molar-refractivity contribution in [2.24, 2.45) is 0 Å². The first-order valence-corrected chi connectivity index (χ1v) is 7.37. The molecule has 0 aliphatic carbocycles. The summed E-state index contributed by atoms with van der Waals surface area (Å²) in [6.45, 7) is 0. The number of rotatable bonds is 3. The Morgan fingerprint density at radius 3 is 2.61 bits per heavy atom. The summed E-state index contributed by atoms with van der Waals surface area (Å²) >= 11 is 13.5. The van der Waals surface area contributed by atoms with Gasteiger partial charge in [-0.05, 0) is 41.5 Å². The van der Waals surface area contributed by atoms with Crippen molar-refractivity contribution in [2.45, 2.75) is 5.38 Å². The lowest BCUT2D eigenvalue weighted by Gasteiger charge is -2.13. The van der Waals surface area contributed by atoms with Gasteiger partial charge in [0.15, 0.2) is 0 Å². The minimum Gasteiger partial charge on any atom is -0.497 e. The van der Waals surface area contributed by atoms with Gasteiger partial charge in [-0.3, -0.25) is 0 Å². The molecule has 0 bridgehead atoms. The Balaban J connectivity index is 2.40. The number of hydrogen-bond donors (Lipinski definition) is 0. The Morgan fingerprint density at radius 2 is 1.89 bits per heavy atom. The minimum absolute atomic E-state index is 0.216. The summed E-state index contributed by atoms with van der Waals surface area (Å²) in [5, 5.41) is -0.216. The Bertz CT molecular complexity index is 557. The standard InChI is InChI=1S/C14H11Br2ClO/c1-18-11-4-2-3-9(7-11)14(17)12-8-10(15)5-6-13(12)16/h2-8,14H,1H3. The highest BCUT2D eigenvalue weighted by Gasteiger charge is 2.15. The van der Waals surface area contributed by atoms with Crippen molar-refractivity contribution in [1.82, 2.24) is 0 Å². The van der Waals surface area contributed by atoms with Crippen molar-refractivity contribution in [2.75, 3.05) is 7.11 Å². The number of hydrogen-bond acceptors (Lipinski definition) is 1. The second kappa shape index (κ2) is 6.09. The highest BCUT2D eigenvalue weighted by Crippen LogP contribution is 2.36. The number of methoxy groups -OCH3 is 1. The molecular weight excluding hydrogens is 379 g/mol. The predicted octanol–water partition coefficient (Wildman–Crippen LogP) is 5.55. The monoisotopic (exact) mass is 388 g/mol. The van der Waals surface area contributed by atoms with E-state index in [-0.39, 0.29) is 5.38 Å². The van der Waals surface area contributed by atoms with Crippen LogP contribution < -0.4 is 4.74 Å². The third-order valence-electron chi connectivity index (χ3n) is 2.62. The molecule has 0 N–H and O–H groups in total. The molecular formula is C14H11Br2ClO. The van der Waals surface area contributed by atoms with Gasteiger partial charge in [0.25, 0.3) is 0 Å². The van der Waals surface area contributed by atoms with Crippen LogP contribution in [-0.4, -0.2) is 7.11 Å². The molecule has 4 heteroatoms. The second-order valence-electron chi connectivity index (χ2n) is 3.81. The van der Waals surface area contributed by atoms with Crippen LogP contribution in [0.4, 0.5) is 0 Å². The van der Waals surface area contributed by atoms with Crippen molar-refractivity contribution < 1.29 is 4.74 Å². The molecule has 1 unspecified atom stereocenters. The van der Waals surface area contributed by atoms with Crippen LogP contribution in [0, 0.1) is 0 Å². The fraction of sp³-hybridized carbons (Fsp3) is 0.143. The number of alkyl halides is 1. The third kappa shape index (κ3) is 3.08. The molecule has 0 aromatic heterocycles. The fourth-order valence-corrected chi connectivity index (χ4v) is 2.99. The van der Waals surface area contributed by atoms with Crippen molar-refractivity contribution in [3.8, 4) is 5.75 Å². The highest BCUT2D eigenvalue weighted by atomic mass is 79.9. The Hall–Kier alpha value is -0.510. The maximum absolute atomic E-state index is 6.53. The zero-order valence-electron chi connectivity index (χ0n) is 9.66. The van der Waals surface area contributed by atoms with Crippen LogP contribution in [0.25, 0.3) is 0 Å². The summed E-state index contributed by atoms with van der Waals surface area (Å²) in [4.78, 5) is 0. The van der Waals surface area contributed by atoms with Gasteiger partial charge >= 0.3 is 0 Å². The van der Waals surface area contributed by atoms with Gasteiger partial charge < -0.3 is 4.74 Å². The van der Waals surface area contributed by atoms with E-state index in [1.807, 2.05) is 42.5 Å². The van der Waals surface area contributed by atoms with Crippen LogP contribution in [0.5, 0.6) is 5.75 Å². The summed E-state index contributed by atoms with van der Waals surface area (Å²) < 4.78 is 7.22. The fourth-order valence-electron chi connectivity index (χ4n) is 1.69. The zero-order chi connectivity index (χ0) is 13.1. The quantitative estimate of drug-likeness (QED) is 0.625. The summed E-state index contributed by atoms with van der Waals surface area (Å²) in [5.74, 6) is 0.810. The maximum Gasteiger partial charge on any atom is 0.119 e. The van der Waals surface area contributed by atoms with Gasteiger partial charge in [0, 0.05) is 8.95 Å². The molecule has 1 atom stereocenters. The maximum atomic E-state index is 6.53. The second-order valence-corrected chi connectivity index (χ2v) is 6.01. The van der Waals surface area contributed by atoms with E-state index in [0.29, 0.717) is 0 Å². The first-order chi connectivity index (χ1) is 8.61. The van der Waals surface area contributed by atoms with Gasteiger partial charge in [-0.15, -0.1) is 11.6 Å². The van der Waals surface area contributed by atoms with E-state index in [2.05, 4.69) is 31.9 Å². The third-order valence-corrected chi connectivity index (χ3v) is 4.32. The topological polar surface area (TPSA) is 9.23 Å². The Labute approximate surface area is 128 Å². The summed E-state index contributed by atoms with van der Waals surface area (Å²) in [6, 6.07) is 13.8. The average molecular weight is 391 g/mol. The van der Waals surface area contributed by atoms with E-state index >= 15 is 0 Å². The molecule has 0 aliphatic rings. The van der Waals surface area contributed by atoms with Crippen LogP contribution in [-0.2, 0) is 0 Å². The first-order valence-electron chi connectivity index (χ1n) is 5.35. The van der Waals surface area contributed by atoms with Crippen LogP contribution in [0.2, 0.25) is 0 Å². The van der Waals surface area contributed by atoms with E-state index in [0.717, 1.165) is 25.8 Å². The normalized spacial score (nSPS) is 12.2. The molecule has 0 fully saturated rings. The van der Waals surface area contributed by atoms with Crippen molar-refractivity contribution in [3.63, 3.8) is 0 Å². The van der Waals surface area contributed by atoms with E-state index in [1.165, 1.54) is 0 Å². The van der Waals surface area contributed by atoms with E-state index < -0.39 is 0 Å². The van der Waals surface area contributed by atoms with Crippen LogP contribution in [0.15, 0.2) is 51.4 Å². The lowest BCUT2D eigenvalue weighted by molar-refractivity contribution is 0.414. The molecule has 2 aromatic carbocycles. The minimum atomic E-state index is -0.216. The molecule has 0 radical (unpaired) electrons. The van der Waals surface area contributed by atoms with Crippen LogP contribution in [0.3, 0.4) is 0 Å². The Morgan fingerprint density at radius 1 is 1.11 bits per heavy atom. The van der Waals surface area contributed by atoms with E-state index in [9.17, 15) is 0 Å². The molecule has 0 amide bonds. The van der Waals surface area contributed by atoms with Gasteiger partial charge in [0.1, 0.15) is 5.75 Å². The number of halogens is 3. The van der Waals surface area contributed by atoms with Crippen molar-refractivity contribution in [3.05, 3.63) is 62.5 Å². The SMILES string of the molecule is COc1cccc(C(Cl)c2cc(Br)ccc2Br)c1. The molecule has 0 saturated carbocycles. The Kier molecular flexibility index (Phi) is 4.71. The lowest BCUT2D eigenvalue weighted by atomic mass is 10.0. The van der Waals surface area contributed by atoms with Gasteiger partial charge in [-0.25, -0.2) is 0 Å². The molecule has 0 spiro atoms. The summed E-state index contributed by atoms with van der Waals surface area (Å²) in [5.41, 5.74) is 2.04. The van der Waals surface area contributed by atoms with Crippen molar-refractivity contribution >= 4 is 43.5 Å². The first kappa shape index (κ1) is 13.9. The molecule has 0 aliphatic heterocycles. The lowest BCUT2D eigenvalue weighted by Crippen LogP contribution is -1.95. The van der Waals surface area contributed by atoms with Crippen LogP contribution in [0.1, 0.15) is 16.5 Å². The molecule has 2 rings (SSSR count). The zero-order valence-corrected chi connectivity index (χ0v) is 13.6. The summed E-state index contributed by atoms with van der Waals surface area (Å²) in [6.07, 6.45) is 0. The summed E-state index contributed by atoms with van der Waals surface area (Å²) in [7, 11) is 1.65. The van der Waals surface area contributed by atoms with Gasteiger partial charge in [0.2, 0.25) is 0 Å². The molecule has 18 heavy (non-hydrogen) atoms. The largest absolute Gasteiger partial charge is 0.497 e. The van der Waals surface area contributed by atoms with E-state index in [1.54, 1.807) is 7.11 Å². The van der Waals surface area contributed by atoms with Crippen molar-refractivity contribution in [1.29, 1.82) is 0 Å². The van der Waals surface area contributed by atoms with Gasteiger partial charge in [0.05, 0.1) is 12.5 Å². The molecule has 2 aromatic rings. The molecule has 1 nitrogen and oxygen atoms in total. The predicted molar refractivity (Wildman–Crippen MR) is 82.5 cm³/mol. The average Bonchev–Trinajstić information content (AvgIpc) is 2.41. The smallest absolute Gasteiger partial charge is 0.119 e. The number of benzene rings is 2. The molecule has 0 heterocycles. The molecule has 94 valence electrons. The number of ether oxygens (including phenoxy) is 1. The van der Waals surface area contributed by atoms with Crippen LogP contribution >= 0.6 is 43.5 Å².